The molecule has 10 nitrogen and oxygen atoms in total. The maximum absolute atomic E-state index is 14.0. The number of benzene rings is 3. The number of H-pyrrole nitrogens is 1. The number of aromatic nitrogens is 1. The van der Waals surface area contributed by atoms with Crippen LogP contribution in [0.4, 0.5) is 10.1 Å². The van der Waals surface area contributed by atoms with Crippen LogP contribution in [0.3, 0.4) is 0 Å². The monoisotopic (exact) mass is 659 g/mol. The molecule has 1 saturated carbocycles. The number of aromatic amines is 1. The summed E-state index contributed by atoms with van der Waals surface area (Å²) in [6.07, 6.45) is 3.24. The Morgan fingerprint density at radius 2 is 1.60 bits per heavy atom. The largest absolute Gasteiger partial charge is 0.350 e. The van der Waals surface area contributed by atoms with Crippen molar-refractivity contribution in [2.45, 2.75) is 55.0 Å². The van der Waals surface area contributed by atoms with Gasteiger partial charge in [-0.05, 0) is 80.0 Å². The molecule has 4 aromatic rings. The number of carbonyl (C=O) groups is 3. The number of anilines is 1. The number of carbonyl (C=O) groups excluding carboxylic acids is 3. The number of nitrogens with zero attached hydrogens (tertiary/aromatic N) is 1. The highest BCUT2D eigenvalue weighted by Gasteiger charge is 2.44. The van der Waals surface area contributed by atoms with Gasteiger partial charge in [0, 0.05) is 41.0 Å². The molecule has 1 aliphatic carbocycles. The lowest BCUT2D eigenvalue weighted by molar-refractivity contribution is -0.141. The Labute approximate surface area is 273 Å². The first kappa shape index (κ1) is 32.4. The topological polar surface area (TPSA) is 154 Å². The molecular weight excluding hydrogens is 621 g/mol. The number of halogens is 1. The number of likely N-dealkylation sites (tertiary alicyclic amines) is 1. The zero-order valence-electron chi connectivity index (χ0n) is 25.8. The molecule has 2 heterocycles. The molecule has 6 rings (SSSR count). The lowest BCUT2D eigenvalue weighted by Crippen LogP contribution is -2.48. The standard InChI is InChI=1S/C35H38FN5O5S/c36-21-29(37)23-11-13-24(14-12-23)35(44)41-18-17-28(22-7-3-1-4-8-22)32(41)34(43)38-26-15-16-30-25(19-26)20-31(39-30)33(42)40-47(45,46)27-9-5-2-6-10-27/h1-10,15-16,19-20,23-24,28-29,32,39H,11-14,17-18,21,37H2,(H,38,43)(H,40,42)/t23?,24?,28-,29-,32+/m1/s1. The second-order valence-electron chi connectivity index (χ2n) is 12.4. The van der Waals surface area contributed by atoms with Gasteiger partial charge in [-0.1, -0.05) is 48.5 Å². The Balaban J connectivity index is 1.19. The minimum absolute atomic E-state index is 0.0311. The summed E-state index contributed by atoms with van der Waals surface area (Å²) in [4.78, 5) is 45.4. The van der Waals surface area contributed by atoms with Crippen molar-refractivity contribution in [2.75, 3.05) is 18.5 Å². The molecule has 3 atom stereocenters. The van der Waals surface area contributed by atoms with Crippen LogP contribution in [0, 0.1) is 11.8 Å². The molecule has 0 unspecified atom stereocenters. The molecule has 1 aliphatic heterocycles. The Hall–Kier alpha value is -4.55. The summed E-state index contributed by atoms with van der Waals surface area (Å²) in [6.45, 7) is -0.128. The van der Waals surface area contributed by atoms with E-state index in [4.69, 9.17) is 5.73 Å². The minimum atomic E-state index is -4.06. The molecule has 5 N–H and O–H groups in total. The number of hydrogen-bond donors (Lipinski definition) is 4. The zero-order chi connectivity index (χ0) is 33.1. The molecule has 2 aliphatic rings. The third kappa shape index (κ3) is 6.93. The molecule has 246 valence electrons. The summed E-state index contributed by atoms with van der Waals surface area (Å²) >= 11 is 0. The molecule has 1 aromatic heterocycles. The van der Waals surface area contributed by atoms with Crippen LogP contribution in [0.1, 0.15) is 54.1 Å². The lowest BCUT2D eigenvalue weighted by Gasteiger charge is -2.35. The van der Waals surface area contributed by atoms with E-state index in [0.717, 1.165) is 5.56 Å². The van der Waals surface area contributed by atoms with Gasteiger partial charge in [-0.15, -0.1) is 0 Å². The number of alkyl halides is 1. The van der Waals surface area contributed by atoms with E-state index in [2.05, 4.69) is 15.0 Å². The zero-order valence-corrected chi connectivity index (χ0v) is 26.6. The van der Waals surface area contributed by atoms with Gasteiger partial charge in [0.1, 0.15) is 18.4 Å². The predicted octanol–water partition coefficient (Wildman–Crippen LogP) is 4.71. The Kier molecular flexibility index (Phi) is 9.42. The van der Waals surface area contributed by atoms with Crippen molar-refractivity contribution in [3.63, 3.8) is 0 Å². The van der Waals surface area contributed by atoms with Crippen molar-refractivity contribution in [3.05, 3.63) is 96.2 Å². The van der Waals surface area contributed by atoms with Gasteiger partial charge >= 0.3 is 0 Å². The summed E-state index contributed by atoms with van der Waals surface area (Å²) < 4.78 is 40.5. The molecule has 12 heteroatoms. The first-order valence-corrected chi connectivity index (χ1v) is 17.4. The first-order chi connectivity index (χ1) is 22.6. The Bertz CT molecular complexity index is 1860. The van der Waals surface area contributed by atoms with Crippen LogP contribution in [0.5, 0.6) is 0 Å². The van der Waals surface area contributed by atoms with Crippen molar-refractivity contribution in [2.24, 2.45) is 17.6 Å². The van der Waals surface area contributed by atoms with E-state index >= 15 is 0 Å². The highest BCUT2D eigenvalue weighted by atomic mass is 32.2. The first-order valence-electron chi connectivity index (χ1n) is 15.9. The van der Waals surface area contributed by atoms with Crippen LogP contribution in [0.25, 0.3) is 10.9 Å². The van der Waals surface area contributed by atoms with Crippen LogP contribution in [-0.2, 0) is 19.6 Å². The van der Waals surface area contributed by atoms with Gasteiger partial charge in [-0.25, -0.2) is 17.5 Å². The molecule has 2 fully saturated rings. The maximum Gasteiger partial charge on any atom is 0.281 e. The van der Waals surface area contributed by atoms with Crippen LogP contribution in [0.2, 0.25) is 0 Å². The molecule has 0 radical (unpaired) electrons. The van der Waals surface area contributed by atoms with Gasteiger partial charge in [-0.3, -0.25) is 14.4 Å². The second-order valence-corrected chi connectivity index (χ2v) is 14.1. The fourth-order valence-electron chi connectivity index (χ4n) is 6.95. The normalized spacial score (nSPS) is 22.1. The molecule has 0 spiro atoms. The van der Waals surface area contributed by atoms with E-state index < -0.39 is 34.7 Å². The van der Waals surface area contributed by atoms with Crippen molar-refractivity contribution in [3.8, 4) is 0 Å². The number of amides is 3. The molecule has 47 heavy (non-hydrogen) atoms. The minimum Gasteiger partial charge on any atom is -0.350 e. The summed E-state index contributed by atoms with van der Waals surface area (Å²) in [6, 6.07) is 22.6. The van der Waals surface area contributed by atoms with Crippen LogP contribution in [-0.4, -0.2) is 61.3 Å². The van der Waals surface area contributed by atoms with E-state index in [-0.39, 0.29) is 40.2 Å². The van der Waals surface area contributed by atoms with Gasteiger partial charge in [0.05, 0.1) is 4.90 Å². The van der Waals surface area contributed by atoms with E-state index in [1.807, 2.05) is 30.3 Å². The van der Waals surface area contributed by atoms with Gasteiger partial charge in [-0.2, -0.15) is 0 Å². The fourth-order valence-corrected chi connectivity index (χ4v) is 7.94. The quantitative estimate of drug-likeness (QED) is 0.204. The third-order valence-corrected chi connectivity index (χ3v) is 10.8. The molecule has 0 bridgehead atoms. The number of nitrogens with one attached hydrogen (secondary N) is 3. The molecular formula is C35H38FN5O5S. The number of sulfonamides is 1. The SMILES string of the molecule is N[C@H](CF)C1CCC(C(=O)N2CC[C@H](c3ccccc3)[C@H]2C(=O)Nc2ccc3[nH]c(C(=O)NS(=O)(=O)c4ccccc4)cc3c2)CC1. The third-order valence-electron chi connectivity index (χ3n) is 9.50. The molecule has 3 amide bonds. The Morgan fingerprint density at radius 3 is 2.28 bits per heavy atom. The smallest absolute Gasteiger partial charge is 0.281 e. The van der Waals surface area contributed by atoms with Gasteiger partial charge in [0.25, 0.3) is 15.9 Å². The number of hydrogen-bond acceptors (Lipinski definition) is 6. The van der Waals surface area contributed by atoms with E-state index in [1.165, 1.54) is 18.2 Å². The van der Waals surface area contributed by atoms with Gasteiger partial charge in [0.2, 0.25) is 11.8 Å². The highest BCUT2D eigenvalue weighted by molar-refractivity contribution is 7.90. The highest BCUT2D eigenvalue weighted by Crippen LogP contribution is 2.38. The second kappa shape index (κ2) is 13.7. The number of fused-ring (bicyclic) bond motifs is 1. The van der Waals surface area contributed by atoms with Gasteiger partial charge < -0.3 is 20.9 Å². The number of rotatable bonds is 9. The summed E-state index contributed by atoms with van der Waals surface area (Å²) in [7, 11) is -4.06. The van der Waals surface area contributed by atoms with E-state index in [0.29, 0.717) is 55.2 Å². The van der Waals surface area contributed by atoms with Crippen molar-refractivity contribution < 1.29 is 27.2 Å². The fraction of sp³-hybridized carbons (Fsp3) is 0.343. The molecule has 1 saturated heterocycles. The van der Waals surface area contributed by atoms with Crippen LogP contribution in [0.15, 0.2) is 89.8 Å². The van der Waals surface area contributed by atoms with E-state index in [1.54, 1.807) is 41.3 Å². The average molecular weight is 660 g/mol. The van der Waals surface area contributed by atoms with Gasteiger partial charge in [0.15, 0.2) is 0 Å². The lowest BCUT2D eigenvalue weighted by atomic mass is 9.78. The number of nitrogens with two attached hydrogens (primary N) is 1. The summed E-state index contributed by atoms with van der Waals surface area (Å²) in [5.74, 6) is -1.58. The predicted molar refractivity (Wildman–Crippen MR) is 177 cm³/mol. The van der Waals surface area contributed by atoms with Crippen LogP contribution < -0.4 is 15.8 Å². The van der Waals surface area contributed by atoms with Crippen molar-refractivity contribution in [1.29, 1.82) is 0 Å². The summed E-state index contributed by atoms with van der Waals surface area (Å²) in [5, 5.41) is 3.58. The van der Waals surface area contributed by atoms with E-state index in [9.17, 15) is 27.2 Å². The average Bonchev–Trinajstić information content (AvgIpc) is 3.73. The Morgan fingerprint density at radius 1 is 0.915 bits per heavy atom. The molecule has 3 aromatic carbocycles. The summed E-state index contributed by atoms with van der Waals surface area (Å²) in [5.41, 5.74) is 8.00. The van der Waals surface area contributed by atoms with Crippen LogP contribution >= 0.6 is 0 Å². The van der Waals surface area contributed by atoms with Crippen molar-refractivity contribution in [1.82, 2.24) is 14.6 Å². The van der Waals surface area contributed by atoms with Crippen molar-refractivity contribution >= 4 is 44.3 Å². The maximum atomic E-state index is 14.0.